The summed E-state index contributed by atoms with van der Waals surface area (Å²) in [5.41, 5.74) is 5.44. The van der Waals surface area contributed by atoms with Gasteiger partial charge in [-0.25, -0.2) is 5.10 Å². The van der Waals surface area contributed by atoms with Crippen molar-refractivity contribution in [3.8, 4) is 0 Å². The van der Waals surface area contributed by atoms with Gasteiger partial charge in [-0.3, -0.25) is 0 Å². The number of rotatable bonds is 5. The van der Waals surface area contributed by atoms with E-state index in [4.69, 9.17) is 10.8 Å². The maximum Gasteiger partial charge on any atom is 0.246 e. The maximum absolute atomic E-state index is 8.75. The molecule has 6 nitrogen and oxygen atoms in total. The van der Waals surface area contributed by atoms with E-state index in [1.54, 1.807) is 0 Å². The molecule has 1 rings (SSSR count). The molecule has 1 heterocycles. The molecule has 0 saturated heterocycles. The first kappa shape index (κ1) is 10.8. The fourth-order valence-electron chi connectivity index (χ4n) is 1.22. The summed E-state index contributed by atoms with van der Waals surface area (Å²) >= 11 is 0. The Hall–Kier alpha value is -1.30. The number of aliphatic hydroxyl groups excluding tert-OH is 1. The number of nitrogens with two attached hydrogens (primary N) is 1. The van der Waals surface area contributed by atoms with Gasteiger partial charge in [0.1, 0.15) is 0 Å². The van der Waals surface area contributed by atoms with Crippen molar-refractivity contribution in [2.45, 2.75) is 26.3 Å². The number of aliphatic hydroxyl groups is 1. The minimum absolute atomic E-state index is 0.170. The van der Waals surface area contributed by atoms with Gasteiger partial charge in [0.2, 0.25) is 11.9 Å². The minimum atomic E-state index is 0.170. The maximum atomic E-state index is 8.75. The number of aromatic amines is 1. The van der Waals surface area contributed by atoms with Crippen LogP contribution in [0.15, 0.2) is 0 Å². The lowest BCUT2D eigenvalue weighted by Gasteiger charge is -2.24. The Bertz CT molecular complexity index is 272. The standard InChI is InChI=1S/C8H17N5O/c1-6(2)13(4-3-5-14)8-10-7(9)11-12-8/h6,14H,3-5H2,1-2H3,(H3,9,10,11,12). The lowest BCUT2D eigenvalue weighted by molar-refractivity contribution is 0.288. The highest BCUT2D eigenvalue weighted by molar-refractivity contribution is 5.34. The highest BCUT2D eigenvalue weighted by atomic mass is 16.3. The van der Waals surface area contributed by atoms with Crippen LogP contribution >= 0.6 is 0 Å². The monoisotopic (exact) mass is 199 g/mol. The normalized spacial score (nSPS) is 10.9. The molecular weight excluding hydrogens is 182 g/mol. The zero-order valence-electron chi connectivity index (χ0n) is 8.56. The van der Waals surface area contributed by atoms with E-state index in [2.05, 4.69) is 15.2 Å². The van der Waals surface area contributed by atoms with Gasteiger partial charge in [-0.05, 0) is 20.3 Å². The first-order valence-corrected chi connectivity index (χ1v) is 4.70. The molecule has 0 bridgehead atoms. The summed E-state index contributed by atoms with van der Waals surface area (Å²) in [6.45, 7) is 4.99. The highest BCUT2D eigenvalue weighted by Crippen LogP contribution is 2.11. The Kier molecular flexibility index (Phi) is 3.70. The van der Waals surface area contributed by atoms with Gasteiger partial charge in [0.15, 0.2) is 0 Å². The van der Waals surface area contributed by atoms with Crippen LogP contribution in [0.4, 0.5) is 11.9 Å². The van der Waals surface area contributed by atoms with Crippen LogP contribution in [-0.4, -0.2) is 39.5 Å². The number of anilines is 2. The van der Waals surface area contributed by atoms with Crippen LogP contribution in [0, 0.1) is 0 Å². The number of hydrogen-bond acceptors (Lipinski definition) is 5. The molecule has 0 fully saturated rings. The molecule has 0 atom stereocenters. The van der Waals surface area contributed by atoms with Gasteiger partial charge in [0.05, 0.1) is 0 Å². The molecule has 0 saturated carbocycles. The predicted molar refractivity (Wildman–Crippen MR) is 55.0 cm³/mol. The fourth-order valence-corrected chi connectivity index (χ4v) is 1.22. The second-order valence-corrected chi connectivity index (χ2v) is 3.38. The van der Waals surface area contributed by atoms with Gasteiger partial charge in [0, 0.05) is 19.2 Å². The molecule has 14 heavy (non-hydrogen) atoms. The Morgan fingerprint density at radius 3 is 2.71 bits per heavy atom. The number of aromatic nitrogens is 3. The summed E-state index contributed by atoms with van der Waals surface area (Å²) in [6.07, 6.45) is 0.701. The van der Waals surface area contributed by atoms with Crippen LogP contribution in [0.5, 0.6) is 0 Å². The Labute approximate surface area is 83.1 Å². The van der Waals surface area contributed by atoms with E-state index in [-0.39, 0.29) is 12.6 Å². The average Bonchev–Trinajstić information content (AvgIpc) is 2.52. The highest BCUT2D eigenvalue weighted by Gasteiger charge is 2.14. The van der Waals surface area contributed by atoms with Crippen molar-refractivity contribution >= 4 is 11.9 Å². The first-order valence-electron chi connectivity index (χ1n) is 4.70. The average molecular weight is 199 g/mol. The molecule has 0 spiro atoms. The molecule has 0 aromatic carbocycles. The van der Waals surface area contributed by atoms with Crippen molar-refractivity contribution in [1.82, 2.24) is 15.2 Å². The van der Waals surface area contributed by atoms with Gasteiger partial charge in [-0.2, -0.15) is 4.98 Å². The third kappa shape index (κ3) is 2.59. The molecule has 0 unspecified atom stereocenters. The molecule has 1 aromatic heterocycles. The smallest absolute Gasteiger partial charge is 0.246 e. The summed E-state index contributed by atoms with van der Waals surface area (Å²) in [5.74, 6) is 0.903. The first-order chi connectivity index (χ1) is 6.65. The van der Waals surface area contributed by atoms with E-state index in [0.717, 1.165) is 6.54 Å². The zero-order chi connectivity index (χ0) is 10.6. The lowest BCUT2D eigenvalue weighted by atomic mass is 10.3. The molecule has 4 N–H and O–H groups in total. The van der Waals surface area contributed by atoms with E-state index < -0.39 is 0 Å². The van der Waals surface area contributed by atoms with E-state index in [1.807, 2.05) is 18.7 Å². The fraction of sp³-hybridized carbons (Fsp3) is 0.750. The molecule has 0 aliphatic rings. The van der Waals surface area contributed by atoms with E-state index in [0.29, 0.717) is 18.3 Å². The Balaban J connectivity index is 2.67. The van der Waals surface area contributed by atoms with Gasteiger partial charge in [-0.1, -0.05) is 0 Å². The topological polar surface area (TPSA) is 91.1 Å². The molecule has 1 aromatic rings. The largest absolute Gasteiger partial charge is 0.396 e. The zero-order valence-corrected chi connectivity index (χ0v) is 8.56. The summed E-state index contributed by atoms with van der Waals surface area (Å²) < 4.78 is 0. The van der Waals surface area contributed by atoms with Crippen molar-refractivity contribution < 1.29 is 5.11 Å². The minimum Gasteiger partial charge on any atom is -0.396 e. The lowest BCUT2D eigenvalue weighted by Crippen LogP contribution is -2.33. The van der Waals surface area contributed by atoms with Crippen molar-refractivity contribution in [2.24, 2.45) is 0 Å². The van der Waals surface area contributed by atoms with Crippen molar-refractivity contribution in [1.29, 1.82) is 0 Å². The van der Waals surface area contributed by atoms with Crippen molar-refractivity contribution in [3.05, 3.63) is 0 Å². The van der Waals surface area contributed by atoms with Crippen molar-refractivity contribution in [2.75, 3.05) is 23.8 Å². The van der Waals surface area contributed by atoms with Crippen LogP contribution < -0.4 is 10.6 Å². The van der Waals surface area contributed by atoms with Crippen LogP contribution in [0.1, 0.15) is 20.3 Å². The van der Waals surface area contributed by atoms with Crippen LogP contribution in [0.3, 0.4) is 0 Å². The quantitative estimate of drug-likeness (QED) is 0.620. The van der Waals surface area contributed by atoms with Gasteiger partial charge < -0.3 is 15.7 Å². The van der Waals surface area contributed by atoms with Gasteiger partial charge >= 0.3 is 0 Å². The number of nitrogen functional groups attached to an aromatic ring is 1. The molecule has 0 radical (unpaired) electrons. The third-order valence-corrected chi connectivity index (χ3v) is 1.93. The van der Waals surface area contributed by atoms with Crippen molar-refractivity contribution in [3.63, 3.8) is 0 Å². The number of H-pyrrole nitrogens is 1. The second kappa shape index (κ2) is 4.80. The number of hydrogen-bond donors (Lipinski definition) is 3. The third-order valence-electron chi connectivity index (χ3n) is 1.93. The molecular formula is C8H17N5O. The number of nitrogens with one attached hydrogen (secondary N) is 1. The van der Waals surface area contributed by atoms with Crippen LogP contribution in [-0.2, 0) is 0 Å². The summed E-state index contributed by atoms with van der Waals surface area (Å²) in [7, 11) is 0. The summed E-state index contributed by atoms with van der Waals surface area (Å²) in [4.78, 5) is 6.03. The summed E-state index contributed by atoms with van der Waals surface area (Å²) in [6, 6.07) is 0.289. The Morgan fingerprint density at radius 1 is 1.57 bits per heavy atom. The van der Waals surface area contributed by atoms with Crippen LogP contribution in [0.25, 0.3) is 0 Å². The second-order valence-electron chi connectivity index (χ2n) is 3.38. The van der Waals surface area contributed by atoms with Crippen LogP contribution in [0.2, 0.25) is 0 Å². The van der Waals surface area contributed by atoms with E-state index in [1.165, 1.54) is 0 Å². The van der Waals surface area contributed by atoms with Gasteiger partial charge in [0.25, 0.3) is 0 Å². The molecule has 6 heteroatoms. The molecule has 0 amide bonds. The molecule has 0 aliphatic carbocycles. The molecule has 80 valence electrons. The number of nitrogens with zero attached hydrogens (tertiary/aromatic N) is 3. The van der Waals surface area contributed by atoms with Gasteiger partial charge in [-0.15, -0.1) is 5.10 Å². The van der Waals surface area contributed by atoms with E-state index in [9.17, 15) is 0 Å². The predicted octanol–water partition coefficient (Wildman–Crippen LogP) is -0.0159. The molecule has 0 aliphatic heterocycles. The summed E-state index contributed by atoms with van der Waals surface area (Å²) in [5, 5.41) is 15.3. The SMILES string of the molecule is CC(C)N(CCCO)c1n[nH]c(N)n1. The Morgan fingerprint density at radius 2 is 2.29 bits per heavy atom. The van der Waals surface area contributed by atoms with E-state index >= 15 is 0 Å².